The highest BCUT2D eigenvalue weighted by Gasteiger charge is 2.16. The molecule has 6 nitrogen and oxygen atoms in total. The van der Waals surface area contributed by atoms with E-state index in [1.54, 1.807) is 18.2 Å². The van der Waals surface area contributed by atoms with Crippen molar-refractivity contribution in [3.05, 3.63) is 54.6 Å². The predicted molar refractivity (Wildman–Crippen MR) is 80.4 cm³/mol. The highest BCUT2D eigenvalue weighted by molar-refractivity contribution is 7.85. The standard InChI is InChI=1S/C14H11N3O3S2/c18-22(19,20)12-9-5-4-8-11(12)13-15-16-14(21)17(13)10-6-2-1-3-7-10/h1-9H,(H,16,21)(H,18,19,20)/p-2. The van der Waals surface area contributed by atoms with Crippen LogP contribution in [-0.4, -0.2) is 27.7 Å². The van der Waals surface area contributed by atoms with Gasteiger partial charge in [0.15, 0.2) is 5.82 Å². The van der Waals surface area contributed by atoms with Crippen molar-refractivity contribution in [2.24, 2.45) is 0 Å². The Morgan fingerprint density at radius 1 is 0.955 bits per heavy atom. The first-order valence-electron chi connectivity index (χ1n) is 6.21. The van der Waals surface area contributed by atoms with Gasteiger partial charge in [-0.15, -0.1) is 5.10 Å². The molecule has 0 bridgehead atoms. The minimum Gasteiger partial charge on any atom is -0.744 e. The first-order valence-corrected chi connectivity index (χ1v) is 8.03. The van der Waals surface area contributed by atoms with E-state index >= 15 is 0 Å². The average molecular weight is 331 g/mol. The summed E-state index contributed by atoms with van der Waals surface area (Å²) in [5.41, 5.74) is 0.857. The lowest BCUT2D eigenvalue weighted by molar-refractivity contribution is 0.463. The molecule has 0 fully saturated rings. The van der Waals surface area contributed by atoms with Crippen molar-refractivity contribution in [1.82, 2.24) is 14.8 Å². The summed E-state index contributed by atoms with van der Waals surface area (Å²) in [6.07, 6.45) is 0. The van der Waals surface area contributed by atoms with Gasteiger partial charge < -0.3 is 17.2 Å². The van der Waals surface area contributed by atoms with Gasteiger partial charge >= 0.3 is 0 Å². The number of para-hydroxylation sites is 1. The number of aromatic nitrogens is 3. The summed E-state index contributed by atoms with van der Waals surface area (Å²) in [5.74, 6) is 0.214. The van der Waals surface area contributed by atoms with Crippen molar-refractivity contribution >= 4 is 22.7 Å². The highest BCUT2D eigenvalue weighted by atomic mass is 32.2. The van der Waals surface area contributed by atoms with Crippen LogP contribution in [0.5, 0.6) is 0 Å². The Balaban J connectivity index is 2.29. The van der Waals surface area contributed by atoms with E-state index in [4.69, 9.17) is 12.6 Å². The van der Waals surface area contributed by atoms with Crippen molar-refractivity contribution < 1.29 is 13.0 Å². The monoisotopic (exact) mass is 331 g/mol. The molecule has 1 heterocycles. The van der Waals surface area contributed by atoms with Crippen molar-refractivity contribution in [1.29, 1.82) is 0 Å². The van der Waals surface area contributed by atoms with Crippen LogP contribution in [0.2, 0.25) is 0 Å². The van der Waals surface area contributed by atoms with Gasteiger partial charge in [0, 0.05) is 16.4 Å². The summed E-state index contributed by atoms with van der Waals surface area (Å²) in [5, 5.41) is 7.95. The molecule has 0 saturated heterocycles. The zero-order valence-electron chi connectivity index (χ0n) is 11.1. The van der Waals surface area contributed by atoms with Crippen LogP contribution in [0.4, 0.5) is 0 Å². The molecule has 0 unspecified atom stereocenters. The van der Waals surface area contributed by atoms with Crippen LogP contribution >= 0.6 is 0 Å². The fraction of sp³-hybridized carbons (Fsp3) is 0. The van der Waals surface area contributed by atoms with Crippen LogP contribution in [-0.2, 0) is 22.7 Å². The third-order valence-electron chi connectivity index (χ3n) is 3.05. The third kappa shape index (κ3) is 2.59. The van der Waals surface area contributed by atoms with Gasteiger partial charge in [-0.2, -0.15) is 5.10 Å². The quantitative estimate of drug-likeness (QED) is 0.536. The molecule has 0 spiro atoms. The van der Waals surface area contributed by atoms with Crippen molar-refractivity contribution in [2.75, 3.05) is 0 Å². The molecule has 22 heavy (non-hydrogen) atoms. The Labute approximate surface area is 132 Å². The summed E-state index contributed by atoms with van der Waals surface area (Å²) in [4.78, 5) is -0.352. The minimum absolute atomic E-state index is 0.171. The van der Waals surface area contributed by atoms with Crippen LogP contribution in [0.25, 0.3) is 17.1 Å². The summed E-state index contributed by atoms with van der Waals surface area (Å²) in [6.45, 7) is 0. The summed E-state index contributed by atoms with van der Waals surface area (Å²) >= 11 is 5.15. The smallest absolute Gasteiger partial charge is 0.168 e. The Morgan fingerprint density at radius 3 is 2.27 bits per heavy atom. The average Bonchev–Trinajstić information content (AvgIpc) is 2.89. The SMILES string of the molecule is O=S(=O)([O-])c1ccccc1-c1nnc([S-])n1-c1ccccc1. The normalized spacial score (nSPS) is 11.5. The molecule has 0 amide bonds. The van der Waals surface area contributed by atoms with Crippen LogP contribution in [0.15, 0.2) is 64.6 Å². The molecule has 0 N–H and O–H groups in total. The molecule has 0 saturated carbocycles. The fourth-order valence-electron chi connectivity index (χ4n) is 2.12. The molecule has 3 aromatic rings. The predicted octanol–water partition coefficient (Wildman–Crippen LogP) is 1.74. The zero-order chi connectivity index (χ0) is 15.7. The van der Waals surface area contributed by atoms with Gasteiger partial charge in [-0.25, -0.2) is 8.42 Å². The molecule has 2 aromatic carbocycles. The number of hydrogen-bond donors (Lipinski definition) is 0. The minimum atomic E-state index is -4.64. The summed E-state index contributed by atoms with van der Waals surface area (Å²) in [7, 11) is -4.64. The second-order valence-corrected chi connectivity index (χ2v) is 6.14. The summed E-state index contributed by atoms with van der Waals surface area (Å²) < 4.78 is 35.9. The van der Waals surface area contributed by atoms with Crippen LogP contribution in [0, 0.1) is 0 Å². The van der Waals surface area contributed by atoms with E-state index < -0.39 is 10.1 Å². The molecule has 112 valence electrons. The van der Waals surface area contributed by atoms with E-state index in [9.17, 15) is 13.0 Å². The lowest BCUT2D eigenvalue weighted by Gasteiger charge is -2.16. The van der Waals surface area contributed by atoms with Gasteiger partial charge in [0.1, 0.15) is 10.1 Å². The second-order valence-electron chi connectivity index (χ2n) is 4.43. The van der Waals surface area contributed by atoms with Gasteiger partial charge in [0.05, 0.1) is 4.90 Å². The molecule has 8 heteroatoms. The van der Waals surface area contributed by atoms with E-state index in [0.717, 1.165) is 0 Å². The van der Waals surface area contributed by atoms with Crippen molar-refractivity contribution in [3.8, 4) is 17.1 Å². The maximum Gasteiger partial charge on any atom is 0.168 e. The fourth-order valence-corrected chi connectivity index (χ4v) is 3.03. The Morgan fingerprint density at radius 2 is 1.59 bits per heavy atom. The van der Waals surface area contributed by atoms with E-state index in [2.05, 4.69) is 10.2 Å². The van der Waals surface area contributed by atoms with E-state index in [0.29, 0.717) is 5.69 Å². The molecule has 3 rings (SSSR count). The van der Waals surface area contributed by atoms with Gasteiger partial charge in [-0.1, -0.05) is 30.3 Å². The Kier molecular flexibility index (Phi) is 3.65. The molecular weight excluding hydrogens is 322 g/mol. The maximum atomic E-state index is 11.4. The number of nitrogens with zero attached hydrogens (tertiary/aromatic N) is 3. The lowest BCUT2D eigenvalue weighted by Crippen LogP contribution is -2.05. The van der Waals surface area contributed by atoms with Crippen molar-refractivity contribution in [3.63, 3.8) is 0 Å². The highest BCUT2D eigenvalue weighted by Crippen LogP contribution is 2.28. The molecule has 0 aliphatic rings. The van der Waals surface area contributed by atoms with E-state index in [1.165, 1.54) is 22.8 Å². The topological polar surface area (TPSA) is 87.9 Å². The van der Waals surface area contributed by atoms with Crippen LogP contribution in [0.1, 0.15) is 0 Å². The largest absolute Gasteiger partial charge is 0.744 e. The summed E-state index contributed by atoms with van der Waals surface area (Å²) in [6, 6.07) is 14.9. The van der Waals surface area contributed by atoms with Gasteiger partial charge in [0.2, 0.25) is 0 Å². The van der Waals surface area contributed by atoms with E-state index in [-0.39, 0.29) is 21.4 Å². The van der Waals surface area contributed by atoms with Gasteiger partial charge in [-0.3, -0.25) is 4.57 Å². The molecule has 0 aliphatic heterocycles. The van der Waals surface area contributed by atoms with E-state index in [1.807, 2.05) is 18.2 Å². The zero-order valence-corrected chi connectivity index (χ0v) is 12.7. The van der Waals surface area contributed by atoms with Gasteiger partial charge in [0.25, 0.3) is 0 Å². The third-order valence-corrected chi connectivity index (χ3v) is 4.20. The lowest BCUT2D eigenvalue weighted by atomic mass is 10.2. The number of rotatable bonds is 3. The van der Waals surface area contributed by atoms with Crippen LogP contribution < -0.4 is 0 Å². The first kappa shape index (κ1) is 14.6. The Hall–Kier alpha value is -2.29. The van der Waals surface area contributed by atoms with Crippen LogP contribution in [0.3, 0.4) is 0 Å². The Bertz CT molecular complexity index is 922. The number of benzene rings is 2. The molecule has 0 atom stereocenters. The van der Waals surface area contributed by atoms with Gasteiger partial charge in [-0.05, 0) is 24.3 Å². The maximum absolute atomic E-state index is 11.4. The number of hydrogen-bond acceptors (Lipinski definition) is 6. The second kappa shape index (κ2) is 5.48. The molecular formula is C14H9N3O3S2-2. The van der Waals surface area contributed by atoms with Crippen molar-refractivity contribution in [2.45, 2.75) is 10.1 Å². The molecule has 1 aromatic heterocycles. The molecule has 0 radical (unpaired) electrons. The first-order chi connectivity index (χ1) is 10.5. The molecule has 0 aliphatic carbocycles.